The van der Waals surface area contributed by atoms with Crippen molar-refractivity contribution >= 4 is 10.0 Å². The summed E-state index contributed by atoms with van der Waals surface area (Å²) >= 11 is 0. The molecule has 0 radical (unpaired) electrons. The van der Waals surface area contributed by atoms with E-state index < -0.39 is 16.1 Å². The lowest BCUT2D eigenvalue weighted by Crippen LogP contribution is -2.49. The molecule has 0 saturated heterocycles. The van der Waals surface area contributed by atoms with Crippen molar-refractivity contribution in [1.29, 1.82) is 0 Å². The van der Waals surface area contributed by atoms with Crippen LogP contribution >= 0.6 is 0 Å². The van der Waals surface area contributed by atoms with E-state index in [1.807, 2.05) is 6.92 Å². The minimum absolute atomic E-state index is 0.0422. The smallest absolute Gasteiger partial charge is 0.247 e. The molecule has 0 unspecified atom stereocenters. The fourth-order valence-corrected chi connectivity index (χ4v) is 6.38. The Labute approximate surface area is 194 Å². The van der Waals surface area contributed by atoms with Crippen LogP contribution in [0.2, 0.25) is 0 Å². The van der Waals surface area contributed by atoms with Crippen LogP contribution in [-0.4, -0.2) is 68.2 Å². The molecule has 178 valence electrons. The average Bonchev–Trinajstić information content (AvgIpc) is 3.28. The van der Waals surface area contributed by atoms with Crippen LogP contribution in [0.1, 0.15) is 58.4 Å². The van der Waals surface area contributed by atoms with Crippen LogP contribution in [0.25, 0.3) is 0 Å². The van der Waals surface area contributed by atoms with Crippen LogP contribution in [-0.2, 0) is 10.0 Å². The van der Waals surface area contributed by atoms with E-state index in [4.69, 9.17) is 4.74 Å². The monoisotopic (exact) mass is 462 g/mol. The van der Waals surface area contributed by atoms with Gasteiger partial charge in [0.25, 0.3) is 0 Å². The zero-order valence-electron chi connectivity index (χ0n) is 19.9. The van der Waals surface area contributed by atoms with E-state index in [9.17, 15) is 13.5 Å². The topological polar surface area (TPSA) is 70.1 Å². The molecule has 0 aromatic heterocycles. The summed E-state index contributed by atoms with van der Waals surface area (Å²) in [6.07, 6.45) is 5.60. The highest BCUT2D eigenvalue weighted by atomic mass is 32.2. The Balaban J connectivity index is 2.01. The molecule has 0 spiro atoms. The molecule has 1 saturated carbocycles. The molecular weight excluding hydrogens is 424 g/mol. The van der Waals surface area contributed by atoms with Gasteiger partial charge >= 0.3 is 0 Å². The predicted molar refractivity (Wildman–Crippen MR) is 127 cm³/mol. The standard InChI is InChI=1S/C25H38N2O4S/c1-5-14-26(4)17-24-19(2)16-27(20(3)18-28)32(29,30)25-13-12-22(15-23(25)31-24)11-10-21-8-6-7-9-21/h12-13,15,19-21,24,28H,5-9,14,16-18H2,1-4H3/t19-,20-,24-/m1/s1. The second kappa shape index (κ2) is 11.0. The highest BCUT2D eigenvalue weighted by molar-refractivity contribution is 7.89. The highest BCUT2D eigenvalue weighted by Gasteiger charge is 2.38. The summed E-state index contributed by atoms with van der Waals surface area (Å²) in [6, 6.07) is 4.65. The van der Waals surface area contributed by atoms with Gasteiger partial charge in [-0.2, -0.15) is 4.31 Å². The van der Waals surface area contributed by atoms with Gasteiger partial charge in [0.05, 0.1) is 6.61 Å². The van der Waals surface area contributed by atoms with Crippen molar-refractivity contribution in [2.45, 2.75) is 69.9 Å². The Bertz CT molecular complexity index is 931. The third-order valence-corrected chi connectivity index (χ3v) is 8.56. The Morgan fingerprint density at radius 2 is 2.03 bits per heavy atom. The number of hydrogen-bond acceptors (Lipinski definition) is 5. The molecule has 0 bridgehead atoms. The van der Waals surface area contributed by atoms with Crippen molar-refractivity contribution in [1.82, 2.24) is 9.21 Å². The second-order valence-corrected chi connectivity index (χ2v) is 11.3. The molecule has 1 N–H and O–H groups in total. The van der Waals surface area contributed by atoms with E-state index in [0.717, 1.165) is 31.4 Å². The minimum Gasteiger partial charge on any atom is -0.487 e. The van der Waals surface area contributed by atoms with Crippen LogP contribution in [0.3, 0.4) is 0 Å². The molecular formula is C25H38N2O4S. The van der Waals surface area contributed by atoms with Crippen molar-refractivity contribution < 1.29 is 18.3 Å². The lowest BCUT2D eigenvalue weighted by molar-refractivity contribution is 0.0752. The van der Waals surface area contributed by atoms with E-state index in [2.05, 4.69) is 30.7 Å². The fourth-order valence-electron chi connectivity index (χ4n) is 4.56. The summed E-state index contributed by atoms with van der Waals surface area (Å²) in [5.41, 5.74) is 0.779. The summed E-state index contributed by atoms with van der Waals surface area (Å²) in [6.45, 7) is 7.62. The van der Waals surface area contributed by atoms with E-state index in [1.54, 1.807) is 25.1 Å². The zero-order valence-corrected chi connectivity index (χ0v) is 20.7. The molecule has 1 aliphatic carbocycles. The molecule has 2 aliphatic rings. The quantitative estimate of drug-likeness (QED) is 0.657. The third-order valence-electron chi connectivity index (χ3n) is 6.54. The van der Waals surface area contributed by atoms with Crippen LogP contribution in [0.5, 0.6) is 5.75 Å². The van der Waals surface area contributed by atoms with Crippen molar-refractivity contribution in [3.8, 4) is 17.6 Å². The van der Waals surface area contributed by atoms with Crippen molar-refractivity contribution in [3.05, 3.63) is 23.8 Å². The summed E-state index contributed by atoms with van der Waals surface area (Å²) in [7, 11) is -1.75. The van der Waals surface area contributed by atoms with Gasteiger partial charge in [0.2, 0.25) is 10.0 Å². The van der Waals surface area contributed by atoms with Gasteiger partial charge in [0.15, 0.2) is 0 Å². The molecule has 3 atom stereocenters. The largest absolute Gasteiger partial charge is 0.487 e. The number of aliphatic hydroxyl groups excluding tert-OH is 1. The van der Waals surface area contributed by atoms with Crippen molar-refractivity contribution in [2.24, 2.45) is 11.8 Å². The molecule has 3 rings (SSSR count). The number of fused-ring (bicyclic) bond motifs is 1. The molecule has 1 aromatic rings. The zero-order chi connectivity index (χ0) is 23.3. The number of nitrogens with zero attached hydrogens (tertiary/aromatic N) is 2. The average molecular weight is 463 g/mol. The second-order valence-electron chi connectivity index (χ2n) is 9.41. The van der Waals surface area contributed by atoms with Crippen LogP contribution < -0.4 is 4.74 Å². The van der Waals surface area contributed by atoms with E-state index in [-0.39, 0.29) is 23.5 Å². The molecule has 6 nitrogen and oxygen atoms in total. The van der Waals surface area contributed by atoms with Crippen LogP contribution in [0, 0.1) is 23.7 Å². The van der Waals surface area contributed by atoms with Gasteiger partial charge in [-0.1, -0.05) is 38.5 Å². The predicted octanol–water partition coefficient (Wildman–Crippen LogP) is 3.34. The number of sulfonamides is 1. The number of rotatable bonds is 6. The van der Waals surface area contributed by atoms with Crippen LogP contribution in [0.15, 0.2) is 23.1 Å². The molecule has 0 amide bonds. The summed E-state index contributed by atoms with van der Waals surface area (Å²) in [5.74, 6) is 7.34. The molecule has 32 heavy (non-hydrogen) atoms. The first-order chi connectivity index (χ1) is 15.3. The maximum absolute atomic E-state index is 13.5. The Kier molecular flexibility index (Phi) is 8.62. The molecule has 1 aromatic carbocycles. The van der Waals surface area contributed by atoms with Crippen molar-refractivity contribution in [3.63, 3.8) is 0 Å². The van der Waals surface area contributed by atoms with Gasteiger partial charge in [-0.25, -0.2) is 8.42 Å². The first-order valence-corrected chi connectivity index (χ1v) is 13.3. The SMILES string of the molecule is CCCN(C)C[C@H]1Oc2cc(C#CC3CCCC3)ccc2S(=O)(=O)N([C@H](C)CO)C[C@H]1C. The maximum atomic E-state index is 13.5. The maximum Gasteiger partial charge on any atom is 0.247 e. The number of aliphatic hydroxyl groups is 1. The van der Waals surface area contributed by atoms with Gasteiger partial charge in [-0.05, 0) is 58.0 Å². The Morgan fingerprint density at radius 3 is 2.69 bits per heavy atom. The molecule has 7 heteroatoms. The van der Waals surface area contributed by atoms with E-state index in [1.165, 1.54) is 17.1 Å². The van der Waals surface area contributed by atoms with Crippen molar-refractivity contribution in [2.75, 3.05) is 33.3 Å². The fraction of sp³-hybridized carbons (Fsp3) is 0.680. The summed E-state index contributed by atoms with van der Waals surface area (Å²) < 4.78 is 34.9. The summed E-state index contributed by atoms with van der Waals surface area (Å²) in [5, 5.41) is 9.75. The first-order valence-electron chi connectivity index (χ1n) is 11.9. The number of benzene rings is 1. The minimum atomic E-state index is -3.81. The highest BCUT2D eigenvalue weighted by Crippen LogP contribution is 2.34. The van der Waals surface area contributed by atoms with Gasteiger partial charge in [-0.15, -0.1) is 0 Å². The van der Waals surface area contributed by atoms with Gasteiger partial charge < -0.3 is 14.7 Å². The lowest BCUT2D eigenvalue weighted by atomic mass is 10.0. The Morgan fingerprint density at radius 1 is 1.31 bits per heavy atom. The molecule has 1 aliphatic heterocycles. The molecule has 1 fully saturated rings. The van der Waals surface area contributed by atoms with Crippen LogP contribution in [0.4, 0.5) is 0 Å². The molecule has 1 heterocycles. The first kappa shape index (κ1) is 25.0. The number of hydrogen-bond donors (Lipinski definition) is 1. The van der Waals surface area contributed by atoms with E-state index >= 15 is 0 Å². The number of ether oxygens (including phenoxy) is 1. The van der Waals surface area contributed by atoms with Gasteiger partial charge in [0.1, 0.15) is 16.7 Å². The normalized spacial score (nSPS) is 24.7. The van der Waals surface area contributed by atoms with Gasteiger partial charge in [0, 0.05) is 36.5 Å². The number of likely N-dealkylation sites (N-methyl/N-ethyl adjacent to an activating group) is 1. The van der Waals surface area contributed by atoms with Gasteiger partial charge in [-0.3, -0.25) is 0 Å². The Hall–Kier alpha value is -1.59. The third kappa shape index (κ3) is 5.85. The van der Waals surface area contributed by atoms with E-state index in [0.29, 0.717) is 24.8 Å². The summed E-state index contributed by atoms with van der Waals surface area (Å²) in [4.78, 5) is 2.37. The lowest BCUT2D eigenvalue weighted by Gasteiger charge is -2.37.